The Morgan fingerprint density at radius 1 is 0.857 bits per heavy atom. The highest BCUT2D eigenvalue weighted by molar-refractivity contribution is 5.81. The van der Waals surface area contributed by atoms with E-state index < -0.39 is 0 Å². The fraction of sp³-hybridized carbons (Fsp3) is 0. The van der Waals surface area contributed by atoms with E-state index in [1.807, 2.05) is 0 Å². The normalized spacial score (nSPS) is 11.0. The molecular weight excluding hydrogens is 270 g/mol. The van der Waals surface area contributed by atoms with Crippen molar-refractivity contribution in [3.63, 3.8) is 0 Å². The van der Waals surface area contributed by atoms with E-state index in [1.165, 1.54) is 0 Å². The molecule has 0 fully saturated rings. The summed E-state index contributed by atoms with van der Waals surface area (Å²) in [7, 11) is 0. The van der Waals surface area contributed by atoms with E-state index in [1.54, 1.807) is 54.7 Å². The number of hydrogen-bond acceptors (Lipinski definition) is 6. The third-order valence-corrected chi connectivity index (χ3v) is 2.75. The van der Waals surface area contributed by atoms with Crippen LogP contribution in [0.1, 0.15) is 5.56 Å². The van der Waals surface area contributed by atoms with Crippen LogP contribution in [0.5, 0.6) is 11.5 Å². The first-order chi connectivity index (χ1) is 10.2. The van der Waals surface area contributed by atoms with Crippen LogP contribution in [-0.4, -0.2) is 26.6 Å². The van der Waals surface area contributed by atoms with Gasteiger partial charge in [0.2, 0.25) is 5.89 Å². The molecule has 6 heteroatoms. The average molecular weight is 281 g/mol. The van der Waals surface area contributed by atoms with Crippen LogP contribution in [0.15, 0.2) is 57.9 Å². The molecular formula is C15H11N3O3. The van der Waals surface area contributed by atoms with E-state index in [9.17, 15) is 10.2 Å². The molecule has 2 N–H and O–H groups in total. The summed E-state index contributed by atoms with van der Waals surface area (Å²) in [6.07, 6.45) is 1.56. The lowest BCUT2D eigenvalue weighted by atomic mass is 10.2. The highest BCUT2D eigenvalue weighted by Gasteiger charge is 2.07. The Morgan fingerprint density at radius 2 is 1.48 bits per heavy atom. The lowest BCUT2D eigenvalue weighted by Gasteiger charge is -1.94. The van der Waals surface area contributed by atoms with Gasteiger partial charge in [0.25, 0.3) is 0 Å². The molecule has 0 saturated heterocycles. The van der Waals surface area contributed by atoms with E-state index in [-0.39, 0.29) is 17.5 Å². The van der Waals surface area contributed by atoms with Crippen LogP contribution in [-0.2, 0) is 0 Å². The lowest BCUT2D eigenvalue weighted by molar-refractivity contribution is 0.474. The smallest absolute Gasteiger partial charge is 0.342 e. The Bertz CT molecular complexity index is 762. The van der Waals surface area contributed by atoms with Gasteiger partial charge < -0.3 is 14.6 Å². The number of aromatic nitrogens is 2. The number of benzene rings is 2. The van der Waals surface area contributed by atoms with Gasteiger partial charge in [-0.15, -0.1) is 5.10 Å². The predicted octanol–water partition coefficient (Wildman–Crippen LogP) is 2.90. The van der Waals surface area contributed by atoms with Crippen molar-refractivity contribution in [1.82, 2.24) is 10.2 Å². The van der Waals surface area contributed by atoms with E-state index in [4.69, 9.17) is 4.42 Å². The summed E-state index contributed by atoms with van der Waals surface area (Å²) >= 11 is 0. The summed E-state index contributed by atoms with van der Waals surface area (Å²) in [6.45, 7) is 0. The van der Waals surface area contributed by atoms with Gasteiger partial charge in [0, 0.05) is 11.8 Å². The van der Waals surface area contributed by atoms with Gasteiger partial charge in [-0.25, -0.2) is 4.99 Å². The van der Waals surface area contributed by atoms with Crippen LogP contribution in [0.25, 0.3) is 11.5 Å². The summed E-state index contributed by atoms with van der Waals surface area (Å²) in [5.41, 5.74) is 1.50. The van der Waals surface area contributed by atoms with Gasteiger partial charge in [0.15, 0.2) is 0 Å². The topological polar surface area (TPSA) is 91.7 Å². The summed E-state index contributed by atoms with van der Waals surface area (Å²) in [5.74, 6) is 0.691. The number of nitrogens with zero attached hydrogens (tertiary/aromatic N) is 3. The Balaban J connectivity index is 1.78. The summed E-state index contributed by atoms with van der Waals surface area (Å²) < 4.78 is 5.40. The third-order valence-electron chi connectivity index (χ3n) is 2.75. The molecule has 0 unspecified atom stereocenters. The Kier molecular flexibility index (Phi) is 3.34. The molecule has 1 aromatic heterocycles. The number of hydrogen-bond donors (Lipinski definition) is 2. The fourth-order valence-corrected chi connectivity index (χ4v) is 1.68. The maximum absolute atomic E-state index is 9.23. The molecule has 2 aromatic carbocycles. The molecule has 0 bridgehead atoms. The maximum atomic E-state index is 9.23. The second-order valence-electron chi connectivity index (χ2n) is 4.29. The summed E-state index contributed by atoms with van der Waals surface area (Å²) in [6, 6.07) is 13.1. The molecule has 6 nitrogen and oxygen atoms in total. The minimum atomic E-state index is 0.131. The van der Waals surface area contributed by atoms with Gasteiger partial charge in [-0.3, -0.25) is 0 Å². The zero-order valence-electron chi connectivity index (χ0n) is 10.8. The quantitative estimate of drug-likeness (QED) is 0.720. The van der Waals surface area contributed by atoms with Crippen molar-refractivity contribution in [3.8, 4) is 23.0 Å². The van der Waals surface area contributed by atoms with E-state index >= 15 is 0 Å². The predicted molar refractivity (Wildman–Crippen MR) is 76.8 cm³/mol. The zero-order chi connectivity index (χ0) is 14.7. The molecule has 21 heavy (non-hydrogen) atoms. The Labute approximate surface area is 120 Å². The first kappa shape index (κ1) is 12.9. The van der Waals surface area contributed by atoms with Crippen molar-refractivity contribution < 1.29 is 14.6 Å². The van der Waals surface area contributed by atoms with Gasteiger partial charge in [-0.05, 0) is 54.1 Å². The molecule has 1 heterocycles. The maximum Gasteiger partial charge on any atom is 0.342 e. The van der Waals surface area contributed by atoms with Gasteiger partial charge >= 0.3 is 6.01 Å². The molecule has 3 aromatic rings. The van der Waals surface area contributed by atoms with Crippen LogP contribution in [0, 0.1) is 0 Å². The average Bonchev–Trinajstić information content (AvgIpc) is 2.96. The Morgan fingerprint density at radius 3 is 2.14 bits per heavy atom. The van der Waals surface area contributed by atoms with Crippen molar-refractivity contribution in [1.29, 1.82) is 0 Å². The highest BCUT2D eigenvalue weighted by atomic mass is 16.4. The van der Waals surface area contributed by atoms with Gasteiger partial charge in [0.05, 0.1) is 0 Å². The Hall–Kier alpha value is -3.15. The van der Waals surface area contributed by atoms with Crippen LogP contribution in [0.4, 0.5) is 6.01 Å². The van der Waals surface area contributed by atoms with E-state index in [0.717, 1.165) is 5.56 Å². The molecule has 0 spiro atoms. The number of aromatic hydroxyl groups is 2. The van der Waals surface area contributed by atoms with Crippen molar-refractivity contribution in [2.75, 3.05) is 0 Å². The number of phenolic OH excluding ortho intramolecular Hbond substituents is 2. The molecule has 3 rings (SSSR count). The third kappa shape index (κ3) is 3.06. The van der Waals surface area contributed by atoms with Crippen molar-refractivity contribution in [3.05, 3.63) is 54.1 Å². The second-order valence-corrected chi connectivity index (χ2v) is 4.29. The molecule has 0 aliphatic heterocycles. The van der Waals surface area contributed by atoms with Gasteiger partial charge in [0.1, 0.15) is 11.5 Å². The van der Waals surface area contributed by atoms with E-state index in [0.29, 0.717) is 11.5 Å². The summed E-state index contributed by atoms with van der Waals surface area (Å²) in [5, 5.41) is 26.1. The standard InChI is InChI=1S/C15H11N3O3/c19-12-5-1-10(2-6-12)9-16-15-18-17-14(21-15)11-3-7-13(20)8-4-11/h1-9,19-20H/b16-9-. The SMILES string of the molecule is Oc1ccc(/C=N\c2nnc(-c3ccc(O)cc3)o2)cc1. The first-order valence-corrected chi connectivity index (χ1v) is 6.17. The minimum absolute atomic E-state index is 0.131. The lowest BCUT2D eigenvalue weighted by Crippen LogP contribution is -1.78. The van der Waals surface area contributed by atoms with Gasteiger partial charge in [-0.1, -0.05) is 5.10 Å². The first-order valence-electron chi connectivity index (χ1n) is 6.17. The summed E-state index contributed by atoms with van der Waals surface area (Å²) in [4.78, 5) is 4.07. The molecule has 0 amide bonds. The highest BCUT2D eigenvalue weighted by Crippen LogP contribution is 2.23. The molecule has 104 valence electrons. The largest absolute Gasteiger partial charge is 0.508 e. The van der Waals surface area contributed by atoms with Crippen LogP contribution in [0.2, 0.25) is 0 Å². The van der Waals surface area contributed by atoms with Crippen molar-refractivity contribution in [2.24, 2.45) is 4.99 Å². The molecule has 0 saturated carbocycles. The van der Waals surface area contributed by atoms with Crippen LogP contribution >= 0.6 is 0 Å². The molecule has 0 aliphatic rings. The second kappa shape index (κ2) is 5.46. The van der Waals surface area contributed by atoms with E-state index in [2.05, 4.69) is 15.2 Å². The minimum Gasteiger partial charge on any atom is -0.508 e. The van der Waals surface area contributed by atoms with Crippen molar-refractivity contribution in [2.45, 2.75) is 0 Å². The van der Waals surface area contributed by atoms with Crippen molar-refractivity contribution >= 4 is 12.2 Å². The zero-order valence-corrected chi connectivity index (χ0v) is 10.8. The molecule has 0 atom stereocenters. The fourth-order valence-electron chi connectivity index (χ4n) is 1.68. The number of aliphatic imine (C=N–C) groups is 1. The van der Waals surface area contributed by atoms with Crippen LogP contribution < -0.4 is 0 Å². The molecule has 0 aliphatic carbocycles. The number of rotatable bonds is 3. The molecule has 0 radical (unpaired) electrons. The van der Waals surface area contributed by atoms with Gasteiger partial charge in [-0.2, -0.15) is 0 Å². The van der Waals surface area contributed by atoms with Crippen LogP contribution in [0.3, 0.4) is 0 Å². The monoisotopic (exact) mass is 281 g/mol. The number of phenols is 2.